The maximum absolute atomic E-state index is 12.8. The van der Waals surface area contributed by atoms with Crippen molar-refractivity contribution in [3.8, 4) is 11.3 Å². The molecule has 2 aromatic carbocycles. The van der Waals surface area contributed by atoms with Gasteiger partial charge in [-0.05, 0) is 19.1 Å². The Hall–Kier alpha value is -2.63. The summed E-state index contributed by atoms with van der Waals surface area (Å²) in [6.45, 7) is 2.99. The molecule has 0 spiro atoms. The smallest absolute Gasteiger partial charge is 0.341 e. The van der Waals surface area contributed by atoms with Gasteiger partial charge in [-0.2, -0.15) is 0 Å². The highest BCUT2D eigenvalue weighted by Crippen LogP contribution is 2.27. The second-order valence-electron chi connectivity index (χ2n) is 6.88. The molecule has 6 heteroatoms. The molecule has 28 heavy (non-hydrogen) atoms. The van der Waals surface area contributed by atoms with Gasteiger partial charge in [0.2, 0.25) is 0 Å². The van der Waals surface area contributed by atoms with Crippen molar-refractivity contribution < 1.29 is 31.3 Å². The Morgan fingerprint density at radius 3 is 2.46 bits per heavy atom. The first-order chi connectivity index (χ1) is 13.0. The van der Waals surface area contributed by atoms with Crippen molar-refractivity contribution in [3.05, 3.63) is 69.9 Å². The van der Waals surface area contributed by atoms with E-state index in [2.05, 4.69) is 14.1 Å². The van der Waals surface area contributed by atoms with Gasteiger partial charge in [-0.1, -0.05) is 36.4 Å². The molecule has 0 aliphatic rings. The third-order valence-electron chi connectivity index (χ3n) is 4.46. The third-order valence-corrected chi connectivity index (χ3v) is 4.46. The molecule has 0 amide bonds. The van der Waals surface area contributed by atoms with Gasteiger partial charge < -0.3 is 26.5 Å². The monoisotopic (exact) mass is 401 g/mol. The lowest BCUT2D eigenvalue weighted by Gasteiger charge is -2.11. The number of para-hydroxylation sites is 1. The zero-order chi connectivity index (χ0) is 19.4. The molecule has 0 unspecified atom stereocenters. The van der Waals surface area contributed by atoms with Crippen LogP contribution in [0.5, 0.6) is 0 Å². The minimum atomic E-state index is -0.472. The first-order valence-electron chi connectivity index (χ1n) is 9.07. The van der Waals surface area contributed by atoms with Crippen LogP contribution in [-0.4, -0.2) is 33.2 Å². The minimum Gasteiger partial charge on any atom is -1.00 e. The molecular formula is C22H24ClNO4. The van der Waals surface area contributed by atoms with E-state index in [0.717, 1.165) is 18.5 Å². The van der Waals surface area contributed by atoms with Crippen LogP contribution < -0.4 is 22.7 Å². The molecule has 1 N–H and O–H groups in total. The van der Waals surface area contributed by atoms with Gasteiger partial charge in [0.15, 0.2) is 11.0 Å². The highest BCUT2D eigenvalue weighted by molar-refractivity contribution is 6.02. The van der Waals surface area contributed by atoms with E-state index in [0.29, 0.717) is 23.3 Å². The summed E-state index contributed by atoms with van der Waals surface area (Å²) in [6.07, 6.45) is 0.775. The standard InChI is InChI=1S/C22H23NO4.ClH/c1-15-19(24)17-11-7-12-18(22(25)26-14-8-13-23(2)3)21(17)27-20(15)16-9-5-4-6-10-16;/h4-7,9-12H,8,13-14H2,1-3H3;1H. The summed E-state index contributed by atoms with van der Waals surface area (Å²) in [5.74, 6) is 0.00456. The maximum Gasteiger partial charge on any atom is 0.341 e. The lowest BCUT2D eigenvalue weighted by Crippen LogP contribution is -3.05. The number of rotatable bonds is 6. The first kappa shape index (κ1) is 21.7. The summed E-state index contributed by atoms with van der Waals surface area (Å²) in [6, 6.07) is 14.4. The molecule has 0 atom stereocenters. The molecule has 0 aliphatic carbocycles. The van der Waals surface area contributed by atoms with Crippen molar-refractivity contribution in [1.29, 1.82) is 0 Å². The summed E-state index contributed by atoms with van der Waals surface area (Å²) < 4.78 is 11.4. The van der Waals surface area contributed by atoms with Crippen LogP contribution in [0.15, 0.2) is 57.7 Å². The van der Waals surface area contributed by atoms with Gasteiger partial charge in [0, 0.05) is 17.5 Å². The zero-order valence-corrected chi connectivity index (χ0v) is 17.0. The summed E-state index contributed by atoms with van der Waals surface area (Å²) in [7, 11) is 4.10. The predicted molar refractivity (Wildman–Crippen MR) is 105 cm³/mol. The second kappa shape index (κ2) is 9.53. The summed E-state index contributed by atoms with van der Waals surface area (Å²) in [4.78, 5) is 26.7. The lowest BCUT2D eigenvalue weighted by molar-refractivity contribution is -0.858. The zero-order valence-electron chi connectivity index (χ0n) is 16.3. The van der Waals surface area contributed by atoms with Crippen molar-refractivity contribution in [1.82, 2.24) is 0 Å². The summed E-state index contributed by atoms with van der Waals surface area (Å²) in [5, 5.41) is 0.388. The van der Waals surface area contributed by atoms with Crippen molar-refractivity contribution in [2.24, 2.45) is 0 Å². The van der Waals surface area contributed by atoms with E-state index in [9.17, 15) is 9.59 Å². The van der Waals surface area contributed by atoms with Gasteiger partial charge in [0.05, 0.1) is 32.6 Å². The Morgan fingerprint density at radius 1 is 1.07 bits per heavy atom. The molecule has 1 heterocycles. The number of nitrogens with one attached hydrogen (secondary N) is 1. The molecule has 3 aromatic rings. The van der Waals surface area contributed by atoms with E-state index in [-0.39, 0.29) is 29.0 Å². The molecule has 3 rings (SSSR count). The van der Waals surface area contributed by atoms with E-state index < -0.39 is 5.97 Å². The fraction of sp³-hybridized carbons (Fsp3) is 0.273. The molecule has 0 saturated carbocycles. The largest absolute Gasteiger partial charge is 1.00 e. The number of hydrogen-bond donors (Lipinski definition) is 1. The van der Waals surface area contributed by atoms with Crippen LogP contribution in [0.4, 0.5) is 0 Å². The molecule has 148 valence electrons. The molecule has 5 nitrogen and oxygen atoms in total. The average Bonchev–Trinajstić information content (AvgIpc) is 2.68. The Bertz CT molecular complexity index is 1010. The van der Waals surface area contributed by atoms with Gasteiger partial charge in [-0.25, -0.2) is 4.79 Å². The van der Waals surface area contributed by atoms with Gasteiger partial charge in [-0.3, -0.25) is 4.79 Å². The number of ether oxygens (including phenoxy) is 1. The number of quaternary nitrogens is 1. The molecule has 1 aromatic heterocycles. The molecular weight excluding hydrogens is 378 g/mol. The maximum atomic E-state index is 12.8. The van der Waals surface area contributed by atoms with E-state index in [1.165, 1.54) is 4.90 Å². The van der Waals surface area contributed by atoms with Crippen LogP contribution in [0, 0.1) is 6.92 Å². The van der Waals surface area contributed by atoms with Gasteiger partial charge in [0.25, 0.3) is 0 Å². The highest BCUT2D eigenvalue weighted by atomic mass is 35.5. The molecule has 0 aliphatic heterocycles. The van der Waals surface area contributed by atoms with Crippen molar-refractivity contribution >= 4 is 16.9 Å². The highest BCUT2D eigenvalue weighted by Gasteiger charge is 2.19. The van der Waals surface area contributed by atoms with Crippen LogP contribution in [0.1, 0.15) is 22.3 Å². The van der Waals surface area contributed by atoms with Crippen molar-refractivity contribution in [2.45, 2.75) is 13.3 Å². The van der Waals surface area contributed by atoms with Gasteiger partial charge in [0.1, 0.15) is 11.3 Å². The van der Waals surface area contributed by atoms with E-state index in [1.54, 1.807) is 25.1 Å². The Labute approximate surface area is 170 Å². The van der Waals surface area contributed by atoms with Crippen LogP contribution in [0.2, 0.25) is 0 Å². The van der Waals surface area contributed by atoms with Crippen molar-refractivity contribution in [2.75, 3.05) is 27.2 Å². The SMILES string of the molecule is Cc1c(-c2ccccc2)oc2c(C(=O)OCCC[NH+](C)C)cccc2c1=O.[Cl-]. The topological polar surface area (TPSA) is 60.9 Å². The fourth-order valence-electron chi connectivity index (χ4n) is 3.00. The van der Waals surface area contributed by atoms with E-state index >= 15 is 0 Å². The Balaban J connectivity index is 0.00000280. The van der Waals surface area contributed by atoms with Crippen molar-refractivity contribution in [3.63, 3.8) is 0 Å². The fourth-order valence-corrected chi connectivity index (χ4v) is 3.00. The summed E-state index contributed by atoms with van der Waals surface area (Å²) >= 11 is 0. The number of halogens is 1. The second-order valence-corrected chi connectivity index (χ2v) is 6.88. The summed E-state index contributed by atoms with van der Waals surface area (Å²) in [5.41, 5.74) is 1.73. The Morgan fingerprint density at radius 2 is 1.79 bits per heavy atom. The van der Waals surface area contributed by atoms with Crippen LogP contribution in [0.25, 0.3) is 22.3 Å². The van der Waals surface area contributed by atoms with Crippen LogP contribution in [0.3, 0.4) is 0 Å². The minimum absolute atomic E-state index is 0. The molecule has 0 saturated heterocycles. The van der Waals surface area contributed by atoms with Gasteiger partial charge >= 0.3 is 5.97 Å². The molecule has 0 bridgehead atoms. The average molecular weight is 402 g/mol. The number of hydrogen-bond acceptors (Lipinski definition) is 4. The first-order valence-corrected chi connectivity index (χ1v) is 9.07. The predicted octanol–water partition coefficient (Wildman–Crippen LogP) is -0.536. The molecule has 0 fully saturated rings. The van der Waals surface area contributed by atoms with E-state index in [4.69, 9.17) is 9.15 Å². The number of benzene rings is 2. The third kappa shape index (κ3) is 4.61. The Kier molecular flexibility index (Phi) is 7.38. The number of esters is 1. The number of carbonyl (C=O) groups is 1. The van der Waals surface area contributed by atoms with Gasteiger partial charge in [-0.15, -0.1) is 0 Å². The van der Waals surface area contributed by atoms with E-state index in [1.807, 2.05) is 30.3 Å². The number of fused-ring (bicyclic) bond motifs is 1. The normalized spacial score (nSPS) is 10.7. The van der Waals surface area contributed by atoms with Crippen LogP contribution in [-0.2, 0) is 4.74 Å². The lowest BCUT2D eigenvalue weighted by atomic mass is 10.0. The van der Waals surface area contributed by atoms with Crippen LogP contribution >= 0.6 is 0 Å². The number of carbonyl (C=O) groups excluding carboxylic acids is 1. The quantitative estimate of drug-likeness (QED) is 0.445. The molecule has 0 radical (unpaired) electrons.